The monoisotopic (exact) mass is 506 g/mol. The minimum Gasteiger partial charge on any atom is -0.168 e. The summed E-state index contributed by atoms with van der Waals surface area (Å²) >= 11 is -0.826. The molecule has 0 heterocycles. The van der Waals surface area contributed by atoms with Crippen LogP contribution in [0.3, 0.4) is 0 Å². The van der Waals surface area contributed by atoms with Gasteiger partial charge in [0.25, 0.3) is 0 Å². The van der Waals surface area contributed by atoms with Crippen molar-refractivity contribution in [1.82, 2.24) is 0 Å². The van der Waals surface area contributed by atoms with E-state index in [1.807, 2.05) is 0 Å². The molecule has 0 nitrogen and oxygen atoms in total. The molecule has 0 saturated carbocycles. The first-order valence-corrected chi connectivity index (χ1v) is 21.1. The Morgan fingerprint density at radius 3 is 1.37 bits per heavy atom. The molecule has 27 heavy (non-hydrogen) atoms. The first-order chi connectivity index (χ1) is 12.9. The molecule has 0 spiro atoms. The summed E-state index contributed by atoms with van der Waals surface area (Å²) in [6.07, 6.45) is 0. The summed E-state index contributed by atoms with van der Waals surface area (Å²) in [5.41, 5.74) is 0. The average Bonchev–Trinajstić information content (AvgIpc) is 3.32. The second-order valence-corrected chi connectivity index (χ2v) is 21.6. The van der Waals surface area contributed by atoms with Crippen molar-refractivity contribution >= 4 is 55.2 Å². The largest absolute Gasteiger partial charge is 0.168 e. The third-order valence-corrected chi connectivity index (χ3v) is 9.85. The molecule has 0 fully saturated rings. The first kappa shape index (κ1) is 24.6. The van der Waals surface area contributed by atoms with Gasteiger partial charge >= 0.3 is 37.9 Å². The standard InChI is InChI=1S/2C9H7.C4H12Si2.2ClH.Zr/c2*1-2-5-9-7-3-6-8(9)4-1;1-5-6(2,3)4;;;/h2*1-7H;1-4H3;2*1H;/q2*-1;;;;+4/p-2. The molecule has 0 saturated heterocycles. The minimum absolute atomic E-state index is 0.603. The zero-order valence-corrected chi connectivity index (χ0v) is 22.3. The van der Waals surface area contributed by atoms with E-state index in [1.54, 1.807) is 0 Å². The third kappa shape index (κ3) is 10.6. The topological polar surface area (TPSA) is 0 Å². The molecule has 0 aromatic heterocycles. The number of halogens is 2. The number of benzene rings is 2. The Hall–Kier alpha value is -0.443. The fourth-order valence-electron chi connectivity index (χ4n) is 2.14. The van der Waals surface area contributed by atoms with Crippen molar-refractivity contribution < 1.29 is 20.8 Å². The average molecular weight is 509 g/mol. The Balaban J connectivity index is 0.000000193. The number of hydrogen-bond acceptors (Lipinski definition) is 0. The van der Waals surface area contributed by atoms with E-state index < -0.39 is 28.4 Å². The normalized spacial score (nSPS) is 9.85. The molecule has 2 radical (unpaired) electrons. The molecule has 0 amide bonds. The zero-order valence-electron chi connectivity index (χ0n) is 16.3. The molecule has 0 bridgehead atoms. The summed E-state index contributed by atoms with van der Waals surface area (Å²) in [7, 11) is 10.5. The predicted octanol–water partition coefficient (Wildman–Crippen LogP) is 8.07. The van der Waals surface area contributed by atoms with Crippen molar-refractivity contribution in [2.45, 2.75) is 26.2 Å². The Morgan fingerprint density at radius 1 is 0.741 bits per heavy atom. The Kier molecular flexibility index (Phi) is 12.5. The molecule has 0 aliphatic rings. The smallest absolute Gasteiger partial charge is 0.0809 e. The molecule has 4 rings (SSSR count). The van der Waals surface area contributed by atoms with E-state index in [2.05, 4.69) is 111 Å². The van der Waals surface area contributed by atoms with Gasteiger partial charge in [0.15, 0.2) is 0 Å². The molecule has 0 atom stereocenters. The summed E-state index contributed by atoms with van der Waals surface area (Å²) in [5.74, 6) is 0. The maximum Gasteiger partial charge on any atom is -0.0809 e. The quantitative estimate of drug-likeness (QED) is 0.180. The van der Waals surface area contributed by atoms with Gasteiger partial charge in [-0.25, -0.2) is 0 Å². The van der Waals surface area contributed by atoms with Crippen LogP contribution >= 0.6 is 17.0 Å². The molecular weight excluding hydrogens is 483 g/mol. The minimum atomic E-state index is -0.826. The van der Waals surface area contributed by atoms with Crippen molar-refractivity contribution in [3.05, 3.63) is 84.9 Å². The molecule has 0 N–H and O–H groups in total. The Labute approximate surface area is 185 Å². The number of rotatable bonds is 1. The van der Waals surface area contributed by atoms with Crippen LogP contribution in [0.25, 0.3) is 21.5 Å². The summed E-state index contributed by atoms with van der Waals surface area (Å²) in [5, 5.41) is 5.32. The van der Waals surface area contributed by atoms with E-state index in [1.165, 1.54) is 30.6 Å². The Bertz CT molecular complexity index is 752. The van der Waals surface area contributed by atoms with E-state index in [-0.39, 0.29) is 0 Å². The fourth-order valence-corrected chi connectivity index (χ4v) is 2.14. The second kappa shape index (κ2) is 13.7. The van der Waals surface area contributed by atoms with Crippen molar-refractivity contribution in [1.29, 1.82) is 0 Å². The maximum atomic E-state index is 4.93. The van der Waals surface area contributed by atoms with Gasteiger partial charge in [-0.1, -0.05) is 38.3 Å². The van der Waals surface area contributed by atoms with E-state index in [0.29, 0.717) is 0 Å². The van der Waals surface area contributed by atoms with Gasteiger partial charge in [-0.2, -0.15) is 35.0 Å². The molecule has 0 aliphatic carbocycles. The van der Waals surface area contributed by atoms with Gasteiger partial charge in [-0.3, -0.25) is 0 Å². The van der Waals surface area contributed by atoms with Gasteiger partial charge in [-0.05, 0) is 0 Å². The molecule has 4 aromatic carbocycles. The van der Waals surface area contributed by atoms with Crippen LogP contribution in [0.2, 0.25) is 26.2 Å². The fraction of sp³-hybridized carbons (Fsp3) is 0.182. The van der Waals surface area contributed by atoms with Crippen LogP contribution in [0.5, 0.6) is 0 Å². The number of fused-ring (bicyclic) bond motifs is 2. The molecule has 5 heteroatoms. The van der Waals surface area contributed by atoms with Gasteiger partial charge in [-0.15, -0.1) is 59.3 Å². The summed E-state index contributed by atoms with van der Waals surface area (Å²) in [6.45, 7) is 9.48. The molecule has 4 aromatic rings. The van der Waals surface area contributed by atoms with Crippen LogP contribution < -0.4 is 0 Å². The second-order valence-electron chi connectivity index (χ2n) is 6.88. The van der Waals surface area contributed by atoms with E-state index in [9.17, 15) is 0 Å². The summed E-state index contributed by atoms with van der Waals surface area (Å²) in [4.78, 5) is 0. The maximum absolute atomic E-state index is 4.93. The van der Waals surface area contributed by atoms with Gasteiger partial charge in [0.05, 0.1) is 0 Å². The van der Waals surface area contributed by atoms with Crippen LogP contribution in [0.1, 0.15) is 0 Å². The van der Waals surface area contributed by atoms with Gasteiger partial charge in [0, 0.05) is 16.6 Å². The van der Waals surface area contributed by atoms with Crippen LogP contribution in [0.4, 0.5) is 0 Å². The van der Waals surface area contributed by atoms with E-state index in [0.717, 1.165) is 0 Å². The number of hydrogen-bond donors (Lipinski definition) is 0. The summed E-state index contributed by atoms with van der Waals surface area (Å²) in [6, 6.07) is 29.3. The molecular formula is C22H26Cl2Si2Zr. The van der Waals surface area contributed by atoms with Crippen molar-refractivity contribution in [3.8, 4) is 0 Å². The van der Waals surface area contributed by atoms with E-state index >= 15 is 0 Å². The van der Waals surface area contributed by atoms with Gasteiger partial charge < -0.3 is 0 Å². The van der Waals surface area contributed by atoms with Crippen molar-refractivity contribution in [2.75, 3.05) is 0 Å². The van der Waals surface area contributed by atoms with Crippen LogP contribution in [0.15, 0.2) is 84.9 Å². The van der Waals surface area contributed by atoms with Crippen molar-refractivity contribution in [3.63, 3.8) is 0 Å². The third-order valence-electron chi connectivity index (χ3n) is 3.85. The Morgan fingerprint density at radius 2 is 1.07 bits per heavy atom. The van der Waals surface area contributed by atoms with Crippen molar-refractivity contribution in [2.24, 2.45) is 0 Å². The van der Waals surface area contributed by atoms with E-state index in [4.69, 9.17) is 17.0 Å². The van der Waals surface area contributed by atoms with Gasteiger partial charge in [0.1, 0.15) is 0 Å². The molecule has 140 valence electrons. The predicted molar refractivity (Wildman–Crippen MR) is 126 cm³/mol. The molecule has 0 aliphatic heterocycles. The van der Waals surface area contributed by atoms with Crippen LogP contribution in [-0.2, 0) is 20.8 Å². The summed E-state index contributed by atoms with van der Waals surface area (Å²) < 4.78 is 0. The molecule has 0 unspecified atom stereocenters. The van der Waals surface area contributed by atoms with Crippen LogP contribution in [0, 0.1) is 0 Å². The zero-order chi connectivity index (χ0) is 20.1. The SMILES string of the molecule is C[Si][Si](C)(C)C.[Cl][Zr+2][Cl].c1ccc2[cH-]ccc2c1.c1ccc2[cH-]ccc2c1. The first-order valence-electron chi connectivity index (χ1n) is 8.77. The van der Waals surface area contributed by atoms with Crippen LogP contribution in [-0.4, -0.2) is 16.6 Å². The van der Waals surface area contributed by atoms with Gasteiger partial charge in [0.2, 0.25) is 0 Å².